The van der Waals surface area contributed by atoms with E-state index in [0.29, 0.717) is 5.84 Å². The number of aryl methyl sites for hydroxylation is 1. The zero-order valence-electron chi connectivity index (χ0n) is 12.5. The second-order valence-electron chi connectivity index (χ2n) is 5.67. The van der Waals surface area contributed by atoms with Crippen molar-refractivity contribution in [3.63, 3.8) is 0 Å². The number of aromatic nitrogens is 3. The molecule has 0 spiro atoms. The van der Waals surface area contributed by atoms with Crippen LogP contribution in [0.5, 0.6) is 0 Å². The van der Waals surface area contributed by atoms with Crippen LogP contribution in [0.2, 0.25) is 0 Å². The molecule has 0 radical (unpaired) electrons. The van der Waals surface area contributed by atoms with E-state index < -0.39 is 0 Å². The number of hydrogen-bond donors (Lipinski definition) is 0. The number of benzene rings is 2. The van der Waals surface area contributed by atoms with Gasteiger partial charge in [0.2, 0.25) is 0 Å². The van der Waals surface area contributed by atoms with Crippen LogP contribution in [0, 0.1) is 6.92 Å². The minimum atomic E-state index is 0.621. The molecule has 2 aromatic carbocycles. The van der Waals surface area contributed by atoms with E-state index in [1.165, 1.54) is 0 Å². The Morgan fingerprint density at radius 2 is 1.78 bits per heavy atom. The molecular weight excluding hydrogens is 286 g/mol. The van der Waals surface area contributed by atoms with Gasteiger partial charge in [0, 0.05) is 11.3 Å². The zero-order chi connectivity index (χ0) is 15.4. The van der Waals surface area contributed by atoms with Crippen molar-refractivity contribution in [2.24, 2.45) is 0 Å². The average Bonchev–Trinajstić information content (AvgIpc) is 3.09. The molecule has 0 aliphatic carbocycles. The number of pyridine rings is 1. The third-order valence-corrected chi connectivity index (χ3v) is 4.12. The highest BCUT2D eigenvalue weighted by Gasteiger charge is 2.13. The molecule has 3 heterocycles. The summed E-state index contributed by atoms with van der Waals surface area (Å²) in [5.41, 5.74) is 6.87. The second-order valence-corrected chi connectivity index (χ2v) is 5.67. The van der Waals surface area contributed by atoms with Crippen molar-refractivity contribution < 1.29 is 4.42 Å². The normalized spacial score (nSPS) is 11.7. The summed E-state index contributed by atoms with van der Waals surface area (Å²) >= 11 is 0. The molecule has 0 saturated carbocycles. The van der Waals surface area contributed by atoms with E-state index >= 15 is 0 Å². The number of rotatable bonds is 1. The second kappa shape index (κ2) is 4.43. The fraction of sp³-hybridized carbons (Fsp3) is 0.0526. The van der Waals surface area contributed by atoms with Gasteiger partial charge in [-0.1, -0.05) is 18.2 Å². The first-order valence-electron chi connectivity index (χ1n) is 7.53. The highest BCUT2D eigenvalue weighted by molar-refractivity contribution is 5.89. The molecule has 0 aliphatic heterocycles. The molecule has 0 aliphatic rings. The molecule has 0 unspecified atom stereocenters. The van der Waals surface area contributed by atoms with Gasteiger partial charge in [-0.2, -0.15) is 4.98 Å². The lowest BCUT2D eigenvalue weighted by Gasteiger charge is -2.02. The molecule has 0 amide bonds. The van der Waals surface area contributed by atoms with Crippen LogP contribution in [-0.2, 0) is 0 Å². The number of oxazole rings is 1. The maximum absolute atomic E-state index is 5.88. The summed E-state index contributed by atoms with van der Waals surface area (Å²) in [6, 6.07) is 20.2. The van der Waals surface area contributed by atoms with Crippen molar-refractivity contribution in [2.45, 2.75) is 6.92 Å². The lowest BCUT2D eigenvalue weighted by Crippen LogP contribution is -1.87. The first kappa shape index (κ1) is 12.4. The van der Waals surface area contributed by atoms with Gasteiger partial charge in [-0.25, -0.2) is 0 Å². The van der Waals surface area contributed by atoms with Gasteiger partial charge < -0.3 is 4.42 Å². The highest BCUT2D eigenvalue weighted by Crippen LogP contribution is 2.29. The number of imidazole rings is 1. The topological polar surface area (TPSA) is 43.3 Å². The summed E-state index contributed by atoms with van der Waals surface area (Å²) in [6.07, 6.45) is 0. The number of hydrogen-bond acceptors (Lipinski definition) is 3. The van der Waals surface area contributed by atoms with Crippen LogP contribution in [0.1, 0.15) is 5.69 Å². The van der Waals surface area contributed by atoms with E-state index in [1.54, 1.807) is 0 Å². The average molecular weight is 299 g/mol. The highest BCUT2D eigenvalue weighted by atomic mass is 16.4. The first-order chi connectivity index (χ1) is 11.3. The molecule has 5 rings (SSSR count). The molecule has 23 heavy (non-hydrogen) atoms. The largest absolute Gasteiger partial charge is 0.423 e. The van der Waals surface area contributed by atoms with E-state index in [1.807, 2.05) is 55.5 Å². The van der Waals surface area contributed by atoms with Crippen molar-refractivity contribution >= 4 is 28.0 Å². The van der Waals surface area contributed by atoms with Crippen molar-refractivity contribution in [1.82, 2.24) is 14.4 Å². The number of nitrogens with zero attached hydrogens (tertiary/aromatic N) is 3. The van der Waals surface area contributed by atoms with Crippen LogP contribution in [0.3, 0.4) is 0 Å². The number of para-hydroxylation sites is 2. The Bertz CT molecular complexity index is 1180. The van der Waals surface area contributed by atoms with Gasteiger partial charge in [-0.05, 0) is 49.4 Å². The minimum absolute atomic E-state index is 0.621. The molecule has 0 atom stereocenters. The van der Waals surface area contributed by atoms with Gasteiger partial charge in [0.1, 0.15) is 0 Å². The fourth-order valence-corrected chi connectivity index (χ4v) is 3.05. The van der Waals surface area contributed by atoms with E-state index in [4.69, 9.17) is 4.42 Å². The Balaban J connectivity index is 1.85. The van der Waals surface area contributed by atoms with Gasteiger partial charge in [-0.3, -0.25) is 9.38 Å². The van der Waals surface area contributed by atoms with Crippen LogP contribution < -0.4 is 0 Å². The van der Waals surface area contributed by atoms with Crippen molar-refractivity contribution in [1.29, 1.82) is 0 Å². The zero-order valence-corrected chi connectivity index (χ0v) is 12.5. The lowest BCUT2D eigenvalue weighted by atomic mass is 10.1. The minimum Gasteiger partial charge on any atom is -0.423 e. The summed E-state index contributed by atoms with van der Waals surface area (Å²) in [5.74, 6) is 0.621. The molecular formula is C19H13N3O. The van der Waals surface area contributed by atoms with Crippen LogP contribution in [-0.4, -0.2) is 14.4 Å². The van der Waals surface area contributed by atoms with E-state index in [0.717, 1.165) is 39.1 Å². The standard InChI is InChI=1S/C19H13N3O/c1-12-5-4-7-14(20-12)13-9-10-18-17(11-13)22-16-8-3-2-6-15(16)21-19(22)23-18/h2-11H,1H3. The summed E-state index contributed by atoms with van der Waals surface area (Å²) in [5, 5.41) is 0. The first-order valence-corrected chi connectivity index (χ1v) is 7.53. The molecule has 0 saturated heterocycles. The van der Waals surface area contributed by atoms with Crippen LogP contribution in [0.4, 0.5) is 0 Å². The summed E-state index contributed by atoms with van der Waals surface area (Å²) in [7, 11) is 0. The van der Waals surface area contributed by atoms with Crippen molar-refractivity contribution in [3.05, 3.63) is 66.4 Å². The van der Waals surface area contributed by atoms with Gasteiger partial charge in [-0.15, -0.1) is 0 Å². The van der Waals surface area contributed by atoms with Gasteiger partial charge in [0.25, 0.3) is 0 Å². The molecule has 0 fully saturated rings. The summed E-state index contributed by atoms with van der Waals surface area (Å²) < 4.78 is 7.94. The lowest BCUT2D eigenvalue weighted by molar-refractivity contribution is 0.643. The quantitative estimate of drug-likeness (QED) is 0.454. The molecule has 3 aromatic heterocycles. The molecule has 4 nitrogen and oxygen atoms in total. The maximum atomic E-state index is 5.88. The molecule has 0 N–H and O–H groups in total. The van der Waals surface area contributed by atoms with E-state index in [-0.39, 0.29) is 0 Å². The molecule has 110 valence electrons. The van der Waals surface area contributed by atoms with Crippen molar-refractivity contribution in [3.8, 4) is 11.3 Å². The Labute approximate surface area is 132 Å². The fourth-order valence-electron chi connectivity index (χ4n) is 3.05. The van der Waals surface area contributed by atoms with Crippen molar-refractivity contribution in [2.75, 3.05) is 0 Å². The Hall–Kier alpha value is -3.14. The van der Waals surface area contributed by atoms with Gasteiger partial charge in [0.15, 0.2) is 5.58 Å². The smallest absolute Gasteiger partial charge is 0.307 e. The van der Waals surface area contributed by atoms with Crippen LogP contribution in [0.25, 0.3) is 39.2 Å². The van der Waals surface area contributed by atoms with Gasteiger partial charge in [0.05, 0.1) is 22.2 Å². The van der Waals surface area contributed by atoms with Gasteiger partial charge >= 0.3 is 5.84 Å². The Morgan fingerprint density at radius 3 is 2.70 bits per heavy atom. The van der Waals surface area contributed by atoms with Crippen LogP contribution in [0.15, 0.2) is 65.1 Å². The SMILES string of the molecule is Cc1cccc(-c2ccc3oc4nc5ccccc5n4c3c2)n1. The molecule has 5 aromatic rings. The van der Waals surface area contributed by atoms with Crippen LogP contribution >= 0.6 is 0 Å². The predicted molar refractivity (Wildman–Crippen MR) is 90.4 cm³/mol. The Morgan fingerprint density at radius 1 is 0.870 bits per heavy atom. The molecule has 0 bridgehead atoms. The third-order valence-electron chi connectivity index (χ3n) is 4.12. The maximum Gasteiger partial charge on any atom is 0.307 e. The molecule has 4 heteroatoms. The monoisotopic (exact) mass is 299 g/mol. The third kappa shape index (κ3) is 1.78. The summed E-state index contributed by atoms with van der Waals surface area (Å²) in [6.45, 7) is 2.00. The summed E-state index contributed by atoms with van der Waals surface area (Å²) in [4.78, 5) is 9.16. The van der Waals surface area contributed by atoms with E-state index in [2.05, 4.69) is 26.5 Å². The van der Waals surface area contributed by atoms with E-state index in [9.17, 15) is 0 Å². The Kier molecular flexibility index (Phi) is 2.39. The number of fused-ring (bicyclic) bond motifs is 5. The predicted octanol–water partition coefficient (Wildman–Crippen LogP) is 4.60.